The van der Waals surface area contributed by atoms with Crippen LogP contribution < -0.4 is 10.6 Å². The second-order valence-corrected chi connectivity index (χ2v) is 4.80. The fourth-order valence-corrected chi connectivity index (χ4v) is 2.27. The number of likely N-dealkylation sites (N-methyl/N-ethyl adjacent to an activating group) is 1. The summed E-state index contributed by atoms with van der Waals surface area (Å²) in [6, 6.07) is 19.8. The molecule has 2 rings (SSSR count). The van der Waals surface area contributed by atoms with Crippen LogP contribution in [0.2, 0.25) is 0 Å². The third-order valence-electron chi connectivity index (χ3n) is 3.35. The van der Waals surface area contributed by atoms with Gasteiger partial charge in [0.2, 0.25) is 0 Å². The topological polar surface area (TPSA) is 44.3 Å². The third kappa shape index (κ3) is 3.90. The van der Waals surface area contributed by atoms with E-state index in [-0.39, 0.29) is 6.04 Å². The molecule has 0 aromatic heterocycles. The Morgan fingerprint density at radius 1 is 0.850 bits per heavy atom. The van der Waals surface area contributed by atoms with Gasteiger partial charge in [-0.05, 0) is 18.2 Å². The Hall–Kier alpha value is -1.68. The van der Waals surface area contributed by atoms with E-state index in [2.05, 4.69) is 10.6 Å². The standard InChI is InChI=1S/C17H22N2O/c1-18-12-13-19-16(14-8-4-2-5-9-14)17(20)15-10-6-3-7-11-15/h2-11,16-20H,12-13H2,1H3/t16-,17+/m0/s1. The zero-order valence-corrected chi connectivity index (χ0v) is 11.8. The van der Waals surface area contributed by atoms with E-state index in [1.54, 1.807) is 0 Å². The van der Waals surface area contributed by atoms with E-state index in [1.807, 2.05) is 67.7 Å². The molecule has 0 spiro atoms. The normalized spacial score (nSPS) is 13.9. The van der Waals surface area contributed by atoms with Crippen LogP contribution in [0.25, 0.3) is 0 Å². The molecule has 0 saturated carbocycles. The summed E-state index contributed by atoms with van der Waals surface area (Å²) in [5, 5.41) is 17.2. The predicted molar refractivity (Wildman–Crippen MR) is 82.5 cm³/mol. The van der Waals surface area contributed by atoms with Gasteiger partial charge in [-0.25, -0.2) is 0 Å². The van der Waals surface area contributed by atoms with Gasteiger partial charge in [-0.1, -0.05) is 60.7 Å². The molecule has 0 amide bonds. The van der Waals surface area contributed by atoms with Gasteiger partial charge in [0, 0.05) is 13.1 Å². The quantitative estimate of drug-likeness (QED) is 0.676. The van der Waals surface area contributed by atoms with Gasteiger partial charge in [0.05, 0.1) is 12.1 Å². The highest BCUT2D eigenvalue weighted by Crippen LogP contribution is 2.28. The van der Waals surface area contributed by atoms with Crippen molar-refractivity contribution in [1.82, 2.24) is 10.6 Å². The lowest BCUT2D eigenvalue weighted by molar-refractivity contribution is 0.129. The summed E-state index contributed by atoms with van der Waals surface area (Å²) >= 11 is 0. The van der Waals surface area contributed by atoms with E-state index in [0.717, 1.165) is 24.2 Å². The second-order valence-electron chi connectivity index (χ2n) is 4.80. The highest BCUT2D eigenvalue weighted by molar-refractivity contribution is 5.26. The number of aliphatic hydroxyl groups is 1. The molecule has 2 aromatic rings. The van der Waals surface area contributed by atoms with Crippen molar-refractivity contribution in [2.45, 2.75) is 12.1 Å². The zero-order valence-electron chi connectivity index (χ0n) is 11.8. The summed E-state index contributed by atoms with van der Waals surface area (Å²) < 4.78 is 0. The Balaban J connectivity index is 2.17. The maximum atomic E-state index is 10.7. The molecular weight excluding hydrogens is 248 g/mol. The van der Waals surface area contributed by atoms with E-state index < -0.39 is 6.10 Å². The van der Waals surface area contributed by atoms with Crippen molar-refractivity contribution in [1.29, 1.82) is 0 Å². The minimum Gasteiger partial charge on any atom is -0.386 e. The Labute approximate surface area is 120 Å². The van der Waals surface area contributed by atoms with E-state index in [1.165, 1.54) is 0 Å². The van der Waals surface area contributed by atoms with Gasteiger partial charge in [-0.2, -0.15) is 0 Å². The average Bonchev–Trinajstić information content (AvgIpc) is 2.53. The van der Waals surface area contributed by atoms with Crippen molar-refractivity contribution in [3.8, 4) is 0 Å². The highest BCUT2D eigenvalue weighted by Gasteiger charge is 2.21. The molecule has 0 saturated heterocycles. The zero-order chi connectivity index (χ0) is 14.2. The van der Waals surface area contributed by atoms with Crippen LogP contribution >= 0.6 is 0 Å². The van der Waals surface area contributed by atoms with Crippen LogP contribution in [0.4, 0.5) is 0 Å². The molecule has 0 bridgehead atoms. The SMILES string of the molecule is CNCCN[C@@H](c1ccccc1)[C@H](O)c1ccccc1. The Morgan fingerprint density at radius 2 is 1.40 bits per heavy atom. The van der Waals surface area contributed by atoms with Crippen LogP contribution in [0.5, 0.6) is 0 Å². The van der Waals surface area contributed by atoms with Crippen LogP contribution in [-0.2, 0) is 0 Å². The first-order valence-corrected chi connectivity index (χ1v) is 6.99. The lowest BCUT2D eigenvalue weighted by atomic mass is 9.96. The van der Waals surface area contributed by atoms with Crippen molar-refractivity contribution in [3.05, 3.63) is 71.8 Å². The van der Waals surface area contributed by atoms with E-state index >= 15 is 0 Å². The molecule has 0 aliphatic heterocycles. The maximum Gasteiger partial charge on any atom is 0.0984 e. The van der Waals surface area contributed by atoms with Gasteiger partial charge in [0.25, 0.3) is 0 Å². The molecule has 0 heterocycles. The molecule has 3 N–H and O–H groups in total. The van der Waals surface area contributed by atoms with Crippen molar-refractivity contribution >= 4 is 0 Å². The number of hydrogen-bond donors (Lipinski definition) is 3. The molecule has 2 aromatic carbocycles. The lowest BCUT2D eigenvalue weighted by Crippen LogP contribution is -2.32. The molecule has 0 aliphatic carbocycles. The van der Waals surface area contributed by atoms with Gasteiger partial charge < -0.3 is 15.7 Å². The van der Waals surface area contributed by atoms with Crippen LogP contribution in [0, 0.1) is 0 Å². The van der Waals surface area contributed by atoms with Crippen LogP contribution in [0.1, 0.15) is 23.3 Å². The molecular formula is C17H22N2O. The van der Waals surface area contributed by atoms with Crippen LogP contribution in [0.3, 0.4) is 0 Å². The number of aliphatic hydroxyl groups excluding tert-OH is 1. The summed E-state index contributed by atoms with van der Waals surface area (Å²) in [4.78, 5) is 0. The molecule has 3 heteroatoms. The molecule has 20 heavy (non-hydrogen) atoms. The van der Waals surface area contributed by atoms with E-state index in [4.69, 9.17) is 0 Å². The molecule has 0 fully saturated rings. The number of hydrogen-bond acceptors (Lipinski definition) is 3. The molecule has 106 valence electrons. The van der Waals surface area contributed by atoms with Crippen molar-refractivity contribution in [2.75, 3.05) is 20.1 Å². The molecule has 0 aliphatic rings. The minimum absolute atomic E-state index is 0.105. The van der Waals surface area contributed by atoms with E-state index in [9.17, 15) is 5.11 Å². The number of nitrogens with one attached hydrogen (secondary N) is 2. The third-order valence-corrected chi connectivity index (χ3v) is 3.35. The van der Waals surface area contributed by atoms with Gasteiger partial charge in [-0.3, -0.25) is 0 Å². The average molecular weight is 270 g/mol. The van der Waals surface area contributed by atoms with Crippen LogP contribution in [0.15, 0.2) is 60.7 Å². The maximum absolute atomic E-state index is 10.7. The fourth-order valence-electron chi connectivity index (χ4n) is 2.27. The van der Waals surface area contributed by atoms with E-state index in [0.29, 0.717) is 0 Å². The van der Waals surface area contributed by atoms with Crippen LogP contribution in [-0.4, -0.2) is 25.2 Å². The summed E-state index contributed by atoms with van der Waals surface area (Å²) in [7, 11) is 1.92. The van der Waals surface area contributed by atoms with Crippen molar-refractivity contribution in [3.63, 3.8) is 0 Å². The first-order valence-electron chi connectivity index (χ1n) is 6.99. The van der Waals surface area contributed by atoms with Crippen molar-refractivity contribution < 1.29 is 5.11 Å². The van der Waals surface area contributed by atoms with Crippen molar-refractivity contribution in [2.24, 2.45) is 0 Å². The van der Waals surface area contributed by atoms with Gasteiger partial charge in [0.1, 0.15) is 0 Å². The Morgan fingerprint density at radius 3 is 1.95 bits per heavy atom. The monoisotopic (exact) mass is 270 g/mol. The summed E-state index contributed by atoms with van der Waals surface area (Å²) in [6.45, 7) is 1.67. The fraction of sp³-hybridized carbons (Fsp3) is 0.294. The second kappa shape index (κ2) is 7.80. The first-order chi connectivity index (χ1) is 9.83. The molecule has 0 radical (unpaired) electrons. The molecule has 2 atom stereocenters. The predicted octanol–water partition coefficient (Wildman–Crippen LogP) is 2.27. The first kappa shape index (κ1) is 14.7. The highest BCUT2D eigenvalue weighted by atomic mass is 16.3. The molecule has 0 unspecified atom stereocenters. The summed E-state index contributed by atoms with van der Waals surface area (Å²) in [5.41, 5.74) is 2.03. The van der Waals surface area contributed by atoms with Gasteiger partial charge in [0.15, 0.2) is 0 Å². The van der Waals surface area contributed by atoms with Gasteiger partial charge in [-0.15, -0.1) is 0 Å². The minimum atomic E-state index is -0.560. The smallest absolute Gasteiger partial charge is 0.0984 e. The van der Waals surface area contributed by atoms with Gasteiger partial charge >= 0.3 is 0 Å². The number of rotatable bonds is 7. The Bertz CT molecular complexity index is 487. The largest absolute Gasteiger partial charge is 0.386 e. The summed E-state index contributed by atoms with van der Waals surface area (Å²) in [6.07, 6.45) is -0.560. The molecule has 3 nitrogen and oxygen atoms in total. The number of benzene rings is 2. The summed E-state index contributed by atoms with van der Waals surface area (Å²) in [5.74, 6) is 0. The lowest BCUT2D eigenvalue weighted by Gasteiger charge is -2.25. The Kier molecular flexibility index (Phi) is 5.74.